The molecule has 104 valence electrons. The van der Waals surface area contributed by atoms with Crippen molar-refractivity contribution in [1.82, 2.24) is 14.4 Å². The molecule has 0 aliphatic heterocycles. The Morgan fingerprint density at radius 2 is 2.10 bits per heavy atom. The van der Waals surface area contributed by atoms with Gasteiger partial charge in [-0.15, -0.1) is 23.1 Å². The Labute approximate surface area is 128 Å². The first-order chi connectivity index (χ1) is 10.3. The Hall–Kier alpha value is -2.05. The van der Waals surface area contributed by atoms with Crippen molar-refractivity contribution in [3.8, 4) is 0 Å². The number of rotatable bonds is 3. The van der Waals surface area contributed by atoms with Crippen LogP contribution in [0.1, 0.15) is 5.56 Å². The van der Waals surface area contributed by atoms with Crippen molar-refractivity contribution >= 4 is 39.1 Å². The van der Waals surface area contributed by atoms with E-state index in [9.17, 15) is 4.79 Å². The smallest absolute Gasteiger partial charge is 0.276 e. The molecule has 0 atom stereocenters. The van der Waals surface area contributed by atoms with E-state index in [0.29, 0.717) is 5.78 Å². The summed E-state index contributed by atoms with van der Waals surface area (Å²) in [5, 5.41) is 2.76. The fourth-order valence-electron chi connectivity index (χ4n) is 2.21. The molecular weight excluding hydrogens is 302 g/mol. The number of nitrogens with zero attached hydrogens (tertiary/aromatic N) is 2. The Bertz CT molecular complexity index is 969. The van der Waals surface area contributed by atoms with Gasteiger partial charge in [0.05, 0.1) is 5.52 Å². The summed E-state index contributed by atoms with van der Waals surface area (Å²) < 4.78 is 2.33. The normalized spacial score (nSPS) is 11.4. The minimum atomic E-state index is -0.00666. The van der Waals surface area contributed by atoms with E-state index >= 15 is 0 Å². The zero-order valence-electron chi connectivity index (χ0n) is 10.9. The second-order valence-corrected chi connectivity index (χ2v) is 6.55. The quantitative estimate of drug-likeness (QED) is 0.589. The first-order valence-corrected chi connectivity index (χ1v) is 8.33. The van der Waals surface area contributed by atoms with Gasteiger partial charge in [0.15, 0.2) is 0 Å². The first kappa shape index (κ1) is 12.7. The van der Waals surface area contributed by atoms with Gasteiger partial charge in [-0.25, -0.2) is 9.38 Å². The van der Waals surface area contributed by atoms with Crippen LogP contribution in [0.5, 0.6) is 0 Å². The summed E-state index contributed by atoms with van der Waals surface area (Å²) in [6.45, 7) is 0. The van der Waals surface area contributed by atoms with E-state index in [-0.39, 0.29) is 5.56 Å². The lowest BCUT2D eigenvalue weighted by molar-refractivity contribution is 1.10. The van der Waals surface area contributed by atoms with Crippen molar-refractivity contribution in [3.63, 3.8) is 0 Å². The van der Waals surface area contributed by atoms with E-state index in [1.807, 2.05) is 29.6 Å². The fraction of sp³-hybridized carbons (Fsp3) is 0.0667. The largest absolute Gasteiger partial charge is 0.324 e. The summed E-state index contributed by atoms with van der Waals surface area (Å²) in [5.74, 6) is 1.44. The Kier molecular flexibility index (Phi) is 3.05. The van der Waals surface area contributed by atoms with Crippen molar-refractivity contribution in [1.29, 1.82) is 0 Å². The van der Waals surface area contributed by atoms with E-state index in [4.69, 9.17) is 0 Å². The SMILES string of the molecule is O=c1c2sccc2[nH]c2nc(SCc3ccccc3)cn12. The molecule has 1 N–H and O–H groups in total. The molecule has 0 bridgehead atoms. The molecule has 0 saturated carbocycles. The maximum Gasteiger partial charge on any atom is 0.276 e. The van der Waals surface area contributed by atoms with Crippen LogP contribution >= 0.6 is 23.1 Å². The number of thiophene rings is 1. The summed E-state index contributed by atoms with van der Waals surface area (Å²) in [6.07, 6.45) is 1.81. The van der Waals surface area contributed by atoms with E-state index in [2.05, 4.69) is 22.1 Å². The molecule has 0 aliphatic carbocycles. The Morgan fingerprint density at radius 3 is 2.95 bits per heavy atom. The highest BCUT2D eigenvalue weighted by Crippen LogP contribution is 2.22. The van der Waals surface area contributed by atoms with Gasteiger partial charge in [0, 0.05) is 11.9 Å². The molecular formula is C15H11N3OS2. The highest BCUT2D eigenvalue weighted by Gasteiger charge is 2.09. The lowest BCUT2D eigenvalue weighted by Crippen LogP contribution is -2.11. The first-order valence-electron chi connectivity index (χ1n) is 6.46. The number of hydrogen-bond acceptors (Lipinski definition) is 4. The van der Waals surface area contributed by atoms with Gasteiger partial charge in [-0.1, -0.05) is 30.3 Å². The molecule has 0 aliphatic rings. The molecule has 4 nitrogen and oxygen atoms in total. The minimum absolute atomic E-state index is 0.00666. The number of hydrogen-bond donors (Lipinski definition) is 1. The molecule has 3 heterocycles. The molecule has 4 rings (SSSR count). The monoisotopic (exact) mass is 313 g/mol. The zero-order chi connectivity index (χ0) is 14.2. The van der Waals surface area contributed by atoms with Crippen LogP contribution in [0.4, 0.5) is 0 Å². The summed E-state index contributed by atoms with van der Waals surface area (Å²) >= 11 is 3.08. The lowest BCUT2D eigenvalue weighted by atomic mass is 10.2. The average molecular weight is 313 g/mol. The van der Waals surface area contributed by atoms with Crippen LogP contribution in [0.15, 0.2) is 57.8 Å². The molecule has 0 unspecified atom stereocenters. The van der Waals surface area contributed by atoms with E-state index in [1.165, 1.54) is 16.9 Å². The van der Waals surface area contributed by atoms with E-state index in [0.717, 1.165) is 21.0 Å². The molecule has 6 heteroatoms. The van der Waals surface area contributed by atoms with Crippen LogP contribution in [-0.2, 0) is 5.75 Å². The van der Waals surface area contributed by atoms with Crippen molar-refractivity contribution in [2.75, 3.05) is 0 Å². The number of aromatic nitrogens is 3. The van der Waals surface area contributed by atoms with Gasteiger partial charge in [-0.2, -0.15) is 0 Å². The summed E-state index contributed by atoms with van der Waals surface area (Å²) in [6, 6.07) is 12.1. The van der Waals surface area contributed by atoms with Crippen LogP contribution in [0, 0.1) is 0 Å². The van der Waals surface area contributed by atoms with Gasteiger partial charge >= 0.3 is 0 Å². The molecule has 4 aromatic rings. The van der Waals surface area contributed by atoms with Crippen molar-refractivity contribution in [3.05, 3.63) is 63.9 Å². The van der Waals surface area contributed by atoms with Crippen LogP contribution < -0.4 is 5.56 Å². The Morgan fingerprint density at radius 1 is 1.24 bits per heavy atom. The molecule has 3 aromatic heterocycles. The molecule has 1 aromatic carbocycles. The number of nitrogens with one attached hydrogen (secondary N) is 1. The molecule has 0 saturated heterocycles. The van der Waals surface area contributed by atoms with Crippen LogP contribution in [0.2, 0.25) is 0 Å². The third kappa shape index (κ3) is 2.26. The minimum Gasteiger partial charge on any atom is -0.324 e. The second-order valence-electron chi connectivity index (χ2n) is 4.64. The predicted octanol–water partition coefficient (Wildman–Crippen LogP) is 3.53. The molecule has 0 amide bonds. The number of benzene rings is 1. The van der Waals surface area contributed by atoms with Crippen LogP contribution in [0.3, 0.4) is 0 Å². The summed E-state index contributed by atoms with van der Waals surface area (Å²) in [4.78, 5) is 20.0. The van der Waals surface area contributed by atoms with Gasteiger partial charge in [0.2, 0.25) is 5.78 Å². The third-order valence-corrected chi connectivity index (χ3v) is 5.11. The molecule has 0 spiro atoms. The molecule has 0 fully saturated rings. The average Bonchev–Trinajstić information content (AvgIpc) is 3.13. The highest BCUT2D eigenvalue weighted by molar-refractivity contribution is 7.98. The topological polar surface area (TPSA) is 50.2 Å². The zero-order valence-corrected chi connectivity index (χ0v) is 12.6. The van der Waals surface area contributed by atoms with Gasteiger partial charge in [-0.05, 0) is 17.0 Å². The lowest BCUT2D eigenvalue weighted by Gasteiger charge is -1.97. The van der Waals surface area contributed by atoms with Crippen molar-refractivity contribution < 1.29 is 0 Å². The standard InChI is InChI=1S/C15H11N3OS2/c19-14-13-11(6-7-20-13)16-15-17-12(8-18(14)15)21-9-10-4-2-1-3-5-10/h1-8H,9H2,(H,16,17). The number of H-pyrrole nitrogens is 1. The van der Waals surface area contributed by atoms with Gasteiger partial charge in [0.25, 0.3) is 5.56 Å². The molecule has 0 radical (unpaired) electrons. The molecule has 21 heavy (non-hydrogen) atoms. The number of imidazole rings is 1. The number of thioether (sulfide) groups is 1. The van der Waals surface area contributed by atoms with Crippen molar-refractivity contribution in [2.24, 2.45) is 0 Å². The van der Waals surface area contributed by atoms with Crippen molar-refractivity contribution in [2.45, 2.75) is 10.8 Å². The number of fused-ring (bicyclic) bond motifs is 2. The van der Waals surface area contributed by atoms with Gasteiger partial charge in [-0.3, -0.25) is 4.79 Å². The highest BCUT2D eigenvalue weighted by atomic mass is 32.2. The van der Waals surface area contributed by atoms with Crippen LogP contribution in [-0.4, -0.2) is 14.4 Å². The second kappa shape index (κ2) is 5.05. The van der Waals surface area contributed by atoms with Crippen LogP contribution in [0.25, 0.3) is 16.0 Å². The van der Waals surface area contributed by atoms with Gasteiger partial charge < -0.3 is 4.98 Å². The Balaban J connectivity index is 1.70. The van der Waals surface area contributed by atoms with Gasteiger partial charge in [0.1, 0.15) is 9.73 Å². The predicted molar refractivity (Wildman–Crippen MR) is 87.2 cm³/mol. The maximum atomic E-state index is 12.3. The summed E-state index contributed by atoms with van der Waals surface area (Å²) in [5.41, 5.74) is 2.09. The summed E-state index contributed by atoms with van der Waals surface area (Å²) in [7, 11) is 0. The maximum absolute atomic E-state index is 12.3. The number of aromatic amines is 1. The van der Waals surface area contributed by atoms with E-state index in [1.54, 1.807) is 22.4 Å². The third-order valence-electron chi connectivity index (χ3n) is 3.24. The van der Waals surface area contributed by atoms with E-state index < -0.39 is 0 Å². The fourth-order valence-corrected chi connectivity index (χ4v) is 3.83.